The zero-order chi connectivity index (χ0) is 20.3. The van der Waals surface area contributed by atoms with E-state index in [2.05, 4.69) is 22.1 Å². The zero-order valence-electron chi connectivity index (χ0n) is 17.0. The Bertz CT molecular complexity index is 861. The van der Waals surface area contributed by atoms with Crippen molar-refractivity contribution in [2.24, 2.45) is 5.92 Å². The lowest BCUT2D eigenvalue weighted by Gasteiger charge is -2.34. The molecule has 2 aromatic rings. The van der Waals surface area contributed by atoms with Crippen LogP contribution in [-0.2, 0) is 9.53 Å². The topological polar surface area (TPSA) is 83.7 Å². The molecule has 1 aromatic carbocycles. The number of ether oxygens (including phenoxy) is 2. The summed E-state index contributed by atoms with van der Waals surface area (Å²) in [4.78, 5) is 30.7. The number of fused-ring (bicyclic) bond motifs is 1. The highest BCUT2D eigenvalue weighted by atomic mass is 16.5. The Balaban J connectivity index is 1.91. The number of rotatable bonds is 6. The number of methoxy groups -OCH3 is 1. The van der Waals surface area contributed by atoms with Crippen molar-refractivity contribution in [2.75, 3.05) is 32.1 Å². The molecule has 3 rings (SSSR count). The summed E-state index contributed by atoms with van der Waals surface area (Å²) in [6.07, 6.45) is 2.29. The first-order chi connectivity index (χ1) is 13.4. The highest BCUT2D eigenvalue weighted by molar-refractivity contribution is 6.12. The third kappa shape index (κ3) is 4.14. The van der Waals surface area contributed by atoms with Crippen molar-refractivity contribution in [1.29, 1.82) is 0 Å². The number of esters is 1. The van der Waals surface area contributed by atoms with Crippen LogP contribution in [-0.4, -0.2) is 54.6 Å². The van der Waals surface area contributed by atoms with Crippen molar-refractivity contribution in [1.82, 2.24) is 9.88 Å². The van der Waals surface area contributed by atoms with Gasteiger partial charge in [-0.05, 0) is 57.4 Å². The molecule has 7 heteroatoms. The molecule has 0 radical (unpaired) electrons. The van der Waals surface area contributed by atoms with Crippen LogP contribution in [0.3, 0.4) is 0 Å². The van der Waals surface area contributed by atoms with E-state index in [9.17, 15) is 9.59 Å². The van der Waals surface area contributed by atoms with Gasteiger partial charge in [0, 0.05) is 17.4 Å². The maximum absolute atomic E-state index is 13.0. The summed E-state index contributed by atoms with van der Waals surface area (Å²) in [5.74, 6) is 0.599. The maximum atomic E-state index is 13.0. The molecule has 1 aromatic heterocycles. The molecule has 0 bridgehead atoms. The van der Waals surface area contributed by atoms with Crippen LogP contribution >= 0.6 is 0 Å². The van der Waals surface area contributed by atoms with Crippen LogP contribution in [0.5, 0.6) is 5.75 Å². The highest BCUT2D eigenvalue weighted by Crippen LogP contribution is 2.32. The minimum absolute atomic E-state index is 0.136. The van der Waals surface area contributed by atoms with Gasteiger partial charge >= 0.3 is 5.97 Å². The van der Waals surface area contributed by atoms with Crippen molar-refractivity contribution >= 4 is 28.5 Å². The largest absolute Gasteiger partial charge is 0.497 e. The summed E-state index contributed by atoms with van der Waals surface area (Å²) in [5, 5.41) is 3.69. The van der Waals surface area contributed by atoms with Crippen molar-refractivity contribution in [2.45, 2.75) is 39.7 Å². The lowest BCUT2D eigenvalue weighted by Crippen LogP contribution is -2.46. The molecule has 1 saturated heterocycles. The number of amides is 1. The molecule has 0 aliphatic carbocycles. The lowest BCUT2D eigenvalue weighted by atomic mass is 9.99. The zero-order valence-corrected chi connectivity index (χ0v) is 17.0. The molecule has 2 heterocycles. The van der Waals surface area contributed by atoms with Crippen LogP contribution < -0.4 is 10.1 Å². The van der Waals surface area contributed by atoms with Gasteiger partial charge in [0.2, 0.25) is 5.91 Å². The molecule has 0 spiro atoms. The van der Waals surface area contributed by atoms with Crippen LogP contribution in [0.4, 0.5) is 5.69 Å². The Kier molecular flexibility index (Phi) is 6.24. The predicted octanol–water partition coefficient (Wildman–Crippen LogP) is 3.41. The molecule has 1 aliphatic heterocycles. The first-order valence-electron chi connectivity index (χ1n) is 9.86. The normalized spacial score (nSPS) is 18.6. The maximum Gasteiger partial charge on any atom is 0.356 e. The number of hydrogen-bond donors (Lipinski definition) is 2. The minimum atomic E-state index is -0.493. The van der Waals surface area contributed by atoms with Crippen LogP contribution in [0.1, 0.15) is 44.1 Å². The van der Waals surface area contributed by atoms with Gasteiger partial charge in [0.25, 0.3) is 0 Å². The van der Waals surface area contributed by atoms with E-state index in [1.54, 1.807) is 26.2 Å². The third-order valence-electron chi connectivity index (χ3n) is 5.35. The number of nitrogens with zero attached hydrogens (tertiary/aromatic N) is 1. The Morgan fingerprint density at radius 3 is 2.86 bits per heavy atom. The van der Waals surface area contributed by atoms with Gasteiger partial charge in [0.05, 0.1) is 25.4 Å². The minimum Gasteiger partial charge on any atom is -0.497 e. The van der Waals surface area contributed by atoms with Crippen LogP contribution in [0.25, 0.3) is 10.9 Å². The van der Waals surface area contributed by atoms with E-state index in [0.29, 0.717) is 17.4 Å². The van der Waals surface area contributed by atoms with E-state index in [1.165, 1.54) is 6.42 Å². The van der Waals surface area contributed by atoms with Crippen molar-refractivity contribution in [3.63, 3.8) is 0 Å². The van der Waals surface area contributed by atoms with Gasteiger partial charge in [0.15, 0.2) is 0 Å². The average molecular weight is 387 g/mol. The summed E-state index contributed by atoms with van der Waals surface area (Å²) in [7, 11) is 1.58. The summed E-state index contributed by atoms with van der Waals surface area (Å²) >= 11 is 0. The summed E-state index contributed by atoms with van der Waals surface area (Å²) in [5.41, 5.74) is 1.42. The Labute approximate surface area is 165 Å². The molecule has 0 saturated carbocycles. The van der Waals surface area contributed by atoms with Crippen molar-refractivity contribution < 1.29 is 19.1 Å². The van der Waals surface area contributed by atoms with Gasteiger partial charge in [0.1, 0.15) is 11.4 Å². The van der Waals surface area contributed by atoms with Crippen molar-refractivity contribution in [3.05, 3.63) is 23.9 Å². The first-order valence-corrected chi connectivity index (χ1v) is 9.86. The van der Waals surface area contributed by atoms with Crippen molar-refractivity contribution in [3.8, 4) is 5.75 Å². The number of benzene rings is 1. The van der Waals surface area contributed by atoms with Crippen LogP contribution in [0, 0.1) is 5.92 Å². The molecule has 1 fully saturated rings. The molecule has 7 nitrogen and oxygen atoms in total. The number of anilines is 1. The highest BCUT2D eigenvalue weighted by Gasteiger charge is 2.28. The number of carbonyl (C=O) groups is 2. The molecular formula is C21H29N3O4. The van der Waals surface area contributed by atoms with E-state index >= 15 is 0 Å². The molecule has 2 atom stereocenters. The Hall–Kier alpha value is -2.54. The second kappa shape index (κ2) is 8.65. The second-order valence-electron chi connectivity index (χ2n) is 7.41. The summed E-state index contributed by atoms with van der Waals surface area (Å²) in [6, 6.07) is 5.14. The van der Waals surface area contributed by atoms with E-state index in [-0.39, 0.29) is 24.2 Å². The molecule has 0 unspecified atom stereocenters. The number of piperidine rings is 1. The predicted molar refractivity (Wildman–Crippen MR) is 109 cm³/mol. The quantitative estimate of drug-likeness (QED) is 0.742. The van der Waals surface area contributed by atoms with Crippen LogP contribution in [0.2, 0.25) is 0 Å². The fourth-order valence-electron chi connectivity index (χ4n) is 3.76. The number of aromatic amines is 1. The van der Waals surface area contributed by atoms with Gasteiger partial charge in [-0.15, -0.1) is 0 Å². The molecule has 28 heavy (non-hydrogen) atoms. The lowest BCUT2D eigenvalue weighted by molar-refractivity contribution is -0.121. The Morgan fingerprint density at radius 2 is 2.18 bits per heavy atom. The van der Waals surface area contributed by atoms with Gasteiger partial charge in [-0.2, -0.15) is 0 Å². The molecule has 2 N–H and O–H groups in total. The van der Waals surface area contributed by atoms with Crippen LogP contribution in [0.15, 0.2) is 18.2 Å². The number of hydrogen-bond acceptors (Lipinski definition) is 5. The molecule has 152 valence electrons. The summed E-state index contributed by atoms with van der Waals surface area (Å²) < 4.78 is 10.5. The van der Waals surface area contributed by atoms with E-state index in [1.807, 2.05) is 13.0 Å². The number of likely N-dealkylation sites (tertiary alicyclic amines) is 1. The second-order valence-corrected chi connectivity index (χ2v) is 7.41. The smallest absolute Gasteiger partial charge is 0.356 e. The monoisotopic (exact) mass is 387 g/mol. The SMILES string of the molecule is CCOC(=O)c1[nH]c2ccc(OC)cc2c1NC(=O)[C@@H](C)N1CCC[C@@H](C)C1. The van der Waals surface area contributed by atoms with E-state index < -0.39 is 5.97 Å². The molecule has 1 amide bonds. The van der Waals surface area contributed by atoms with Gasteiger partial charge in [-0.25, -0.2) is 4.79 Å². The van der Waals surface area contributed by atoms with E-state index in [4.69, 9.17) is 9.47 Å². The molecule has 1 aliphatic rings. The fourth-order valence-corrected chi connectivity index (χ4v) is 3.76. The average Bonchev–Trinajstić information content (AvgIpc) is 3.05. The fraction of sp³-hybridized carbons (Fsp3) is 0.524. The Morgan fingerprint density at radius 1 is 1.39 bits per heavy atom. The van der Waals surface area contributed by atoms with E-state index in [0.717, 1.165) is 30.4 Å². The van der Waals surface area contributed by atoms with Gasteiger partial charge in [-0.1, -0.05) is 6.92 Å². The summed E-state index contributed by atoms with van der Waals surface area (Å²) in [6.45, 7) is 7.94. The van der Waals surface area contributed by atoms with Gasteiger partial charge in [-0.3, -0.25) is 9.69 Å². The molecular weight excluding hydrogens is 358 g/mol. The third-order valence-corrected chi connectivity index (χ3v) is 5.35. The number of H-pyrrole nitrogens is 1. The number of nitrogens with one attached hydrogen (secondary N) is 2. The first kappa shape index (κ1) is 20.2. The van der Waals surface area contributed by atoms with Gasteiger partial charge < -0.3 is 19.8 Å². The number of aromatic nitrogens is 1. The number of carbonyl (C=O) groups excluding carboxylic acids is 2. The standard InChI is InChI=1S/C21H29N3O4/c1-5-28-21(26)19-18(16-11-15(27-4)8-9-17(16)22-19)23-20(25)14(3)24-10-6-7-13(2)12-24/h8-9,11,13-14,22H,5-7,10,12H2,1-4H3,(H,23,25)/t13-,14-/m1/s1.